The molecule has 1 aromatic heterocycles. The second kappa shape index (κ2) is 6.47. The number of amides is 1. The summed E-state index contributed by atoms with van der Waals surface area (Å²) in [7, 11) is 0. The zero-order valence-electron chi connectivity index (χ0n) is 10.7. The minimum Gasteiger partial charge on any atom is -0.323 e. The van der Waals surface area contributed by atoms with Gasteiger partial charge in [-0.05, 0) is 41.1 Å². The number of rotatable bonds is 4. The molecule has 1 unspecified atom stereocenters. The van der Waals surface area contributed by atoms with E-state index in [1.54, 1.807) is 12.3 Å². The van der Waals surface area contributed by atoms with Crippen LogP contribution in [0.4, 0.5) is 5.69 Å². The summed E-state index contributed by atoms with van der Waals surface area (Å²) in [6, 6.07) is 5.32. The fourth-order valence-corrected chi connectivity index (χ4v) is 2.67. The Kier molecular flexibility index (Phi) is 4.90. The number of hydrogen-bond donors (Lipinski definition) is 2. The van der Waals surface area contributed by atoms with Crippen molar-refractivity contribution in [3.05, 3.63) is 39.0 Å². The quantitative estimate of drug-likeness (QED) is 0.822. The first-order valence-electron chi connectivity index (χ1n) is 5.86. The molecule has 1 aromatic carbocycles. The fraction of sp³-hybridized carbons (Fsp3) is 0.250. The zero-order valence-corrected chi connectivity index (χ0v) is 13.8. The molecule has 0 aliphatic carbocycles. The molecule has 2 rings (SSSR count). The van der Waals surface area contributed by atoms with Crippen LogP contribution in [0.1, 0.15) is 18.7 Å². The van der Waals surface area contributed by atoms with Crippen molar-refractivity contribution in [2.75, 3.05) is 5.32 Å². The molecule has 1 heterocycles. The standard InChI is InChI=1S/C12H13Br2N5O/c1-7(15)11-5-19(18-17-11)6-12(20)16-10-3-2-8(13)4-9(10)14/h2-5,7H,6,15H2,1H3,(H,16,20). The van der Waals surface area contributed by atoms with Gasteiger partial charge in [0.05, 0.1) is 17.6 Å². The van der Waals surface area contributed by atoms with Crippen LogP contribution >= 0.6 is 31.9 Å². The summed E-state index contributed by atoms with van der Waals surface area (Å²) < 4.78 is 3.19. The van der Waals surface area contributed by atoms with Crippen molar-refractivity contribution in [2.45, 2.75) is 19.5 Å². The first-order chi connectivity index (χ1) is 9.45. The second-order valence-corrected chi connectivity index (χ2v) is 6.07. The molecule has 3 N–H and O–H groups in total. The van der Waals surface area contributed by atoms with E-state index in [-0.39, 0.29) is 18.5 Å². The van der Waals surface area contributed by atoms with E-state index in [0.717, 1.165) is 8.95 Å². The maximum atomic E-state index is 11.9. The molecule has 0 radical (unpaired) electrons. The minimum absolute atomic E-state index is 0.0855. The average Bonchev–Trinajstić information content (AvgIpc) is 2.81. The van der Waals surface area contributed by atoms with E-state index >= 15 is 0 Å². The van der Waals surface area contributed by atoms with Gasteiger partial charge in [-0.2, -0.15) is 0 Å². The third kappa shape index (κ3) is 3.87. The van der Waals surface area contributed by atoms with E-state index in [9.17, 15) is 4.79 Å². The maximum absolute atomic E-state index is 11.9. The number of nitrogens with one attached hydrogen (secondary N) is 1. The molecular weight excluding hydrogens is 390 g/mol. The average molecular weight is 403 g/mol. The topological polar surface area (TPSA) is 85.8 Å². The number of nitrogens with zero attached hydrogens (tertiary/aromatic N) is 3. The lowest BCUT2D eigenvalue weighted by molar-refractivity contribution is -0.116. The summed E-state index contributed by atoms with van der Waals surface area (Å²) >= 11 is 6.74. The van der Waals surface area contributed by atoms with Gasteiger partial charge in [-0.1, -0.05) is 21.1 Å². The van der Waals surface area contributed by atoms with Crippen LogP contribution in [0.3, 0.4) is 0 Å². The normalized spacial score (nSPS) is 12.2. The number of nitrogens with two attached hydrogens (primary N) is 1. The van der Waals surface area contributed by atoms with Crippen LogP contribution in [0.25, 0.3) is 0 Å². The van der Waals surface area contributed by atoms with Crippen LogP contribution in [-0.2, 0) is 11.3 Å². The van der Waals surface area contributed by atoms with Crippen molar-refractivity contribution in [3.8, 4) is 0 Å². The summed E-state index contributed by atoms with van der Waals surface area (Å²) in [5.41, 5.74) is 7.04. The molecule has 0 spiro atoms. The van der Waals surface area contributed by atoms with E-state index < -0.39 is 0 Å². The molecule has 0 aliphatic rings. The molecule has 0 saturated carbocycles. The lowest BCUT2D eigenvalue weighted by atomic mass is 10.3. The van der Waals surface area contributed by atoms with Crippen molar-refractivity contribution < 1.29 is 4.79 Å². The van der Waals surface area contributed by atoms with E-state index in [0.29, 0.717) is 11.4 Å². The lowest BCUT2D eigenvalue weighted by Gasteiger charge is -2.07. The summed E-state index contributed by atoms with van der Waals surface area (Å²) in [5, 5.41) is 10.6. The van der Waals surface area contributed by atoms with E-state index in [2.05, 4.69) is 47.5 Å². The molecule has 6 nitrogen and oxygen atoms in total. The van der Waals surface area contributed by atoms with E-state index in [1.807, 2.05) is 19.1 Å². The molecular formula is C12H13Br2N5O. The number of benzene rings is 1. The Labute approximate surface area is 133 Å². The predicted octanol–water partition coefficient (Wildman–Crippen LogP) is 2.46. The first kappa shape index (κ1) is 15.1. The highest BCUT2D eigenvalue weighted by atomic mass is 79.9. The van der Waals surface area contributed by atoms with E-state index in [1.165, 1.54) is 4.68 Å². The Morgan fingerprint density at radius 1 is 1.50 bits per heavy atom. The Morgan fingerprint density at radius 2 is 2.25 bits per heavy atom. The summed E-state index contributed by atoms with van der Waals surface area (Å²) in [4.78, 5) is 11.9. The number of anilines is 1. The molecule has 8 heteroatoms. The molecule has 20 heavy (non-hydrogen) atoms. The fourth-order valence-electron chi connectivity index (χ4n) is 1.53. The Bertz CT molecular complexity index is 626. The maximum Gasteiger partial charge on any atom is 0.246 e. The van der Waals surface area contributed by atoms with Crippen LogP contribution < -0.4 is 11.1 Å². The first-order valence-corrected chi connectivity index (χ1v) is 7.45. The summed E-state index contributed by atoms with van der Waals surface area (Å²) in [6.45, 7) is 1.90. The van der Waals surface area contributed by atoms with Crippen molar-refractivity contribution in [1.29, 1.82) is 0 Å². The molecule has 1 amide bonds. The van der Waals surface area contributed by atoms with Crippen molar-refractivity contribution in [2.24, 2.45) is 5.73 Å². The SMILES string of the molecule is CC(N)c1cn(CC(=O)Nc2ccc(Br)cc2Br)nn1. The van der Waals surface area contributed by atoms with E-state index in [4.69, 9.17) is 5.73 Å². The Balaban J connectivity index is 2.01. The van der Waals surface area contributed by atoms with Gasteiger partial charge in [0.2, 0.25) is 5.91 Å². The van der Waals surface area contributed by atoms with Gasteiger partial charge >= 0.3 is 0 Å². The van der Waals surface area contributed by atoms with Crippen LogP contribution in [0.15, 0.2) is 33.3 Å². The number of carbonyl (C=O) groups excluding carboxylic acids is 1. The highest BCUT2D eigenvalue weighted by Gasteiger charge is 2.10. The van der Waals surface area contributed by atoms with Gasteiger partial charge in [0.1, 0.15) is 6.54 Å². The molecule has 1 atom stereocenters. The number of carbonyl (C=O) groups is 1. The van der Waals surface area contributed by atoms with Crippen molar-refractivity contribution in [3.63, 3.8) is 0 Å². The molecule has 0 aliphatic heterocycles. The van der Waals surface area contributed by atoms with Crippen molar-refractivity contribution in [1.82, 2.24) is 15.0 Å². The van der Waals surface area contributed by atoms with Crippen LogP contribution in [0.5, 0.6) is 0 Å². The van der Waals surface area contributed by atoms with Gasteiger partial charge in [-0.3, -0.25) is 4.79 Å². The van der Waals surface area contributed by atoms with Gasteiger partial charge in [-0.25, -0.2) is 4.68 Å². The second-order valence-electron chi connectivity index (χ2n) is 4.30. The summed E-state index contributed by atoms with van der Waals surface area (Å²) in [5.74, 6) is -0.186. The van der Waals surface area contributed by atoms with Crippen LogP contribution in [-0.4, -0.2) is 20.9 Å². The smallest absolute Gasteiger partial charge is 0.246 e. The molecule has 106 valence electrons. The minimum atomic E-state index is -0.201. The van der Waals surface area contributed by atoms with Crippen molar-refractivity contribution >= 4 is 43.5 Å². The highest BCUT2D eigenvalue weighted by molar-refractivity contribution is 9.11. The third-order valence-corrected chi connectivity index (χ3v) is 3.68. The zero-order chi connectivity index (χ0) is 14.7. The Morgan fingerprint density at radius 3 is 2.85 bits per heavy atom. The monoisotopic (exact) mass is 401 g/mol. The van der Waals surface area contributed by atoms with Gasteiger partial charge in [0.25, 0.3) is 0 Å². The lowest BCUT2D eigenvalue weighted by Crippen LogP contribution is -2.19. The summed E-state index contributed by atoms with van der Waals surface area (Å²) in [6.07, 6.45) is 1.67. The van der Waals surface area contributed by atoms with Gasteiger partial charge in [0, 0.05) is 15.0 Å². The molecule has 0 fully saturated rings. The number of halogens is 2. The number of hydrogen-bond acceptors (Lipinski definition) is 4. The predicted molar refractivity (Wildman–Crippen MR) is 83.1 cm³/mol. The highest BCUT2D eigenvalue weighted by Crippen LogP contribution is 2.26. The molecule has 2 aromatic rings. The third-order valence-electron chi connectivity index (χ3n) is 2.53. The van der Waals surface area contributed by atoms with Gasteiger partial charge < -0.3 is 11.1 Å². The Hall–Kier alpha value is -1.25. The number of aromatic nitrogens is 3. The largest absolute Gasteiger partial charge is 0.323 e. The van der Waals surface area contributed by atoms with Gasteiger partial charge in [-0.15, -0.1) is 5.10 Å². The van der Waals surface area contributed by atoms with Crippen LogP contribution in [0, 0.1) is 0 Å². The molecule has 0 saturated heterocycles. The van der Waals surface area contributed by atoms with Gasteiger partial charge in [0.15, 0.2) is 0 Å². The molecule has 0 bridgehead atoms. The van der Waals surface area contributed by atoms with Crippen LogP contribution in [0.2, 0.25) is 0 Å².